The Morgan fingerprint density at radius 1 is 1.21 bits per heavy atom. The number of piperidine rings is 1. The molecule has 0 aromatic rings. The van der Waals surface area contributed by atoms with Crippen LogP contribution in [0.25, 0.3) is 0 Å². The van der Waals surface area contributed by atoms with Crippen molar-refractivity contribution in [2.75, 3.05) is 13.2 Å². The molecular formula is C16H31NO2. The Bertz CT molecular complexity index is 245. The average Bonchev–Trinajstić information content (AvgIpc) is 2.64. The van der Waals surface area contributed by atoms with E-state index in [0.29, 0.717) is 18.2 Å². The molecule has 0 aliphatic carbocycles. The van der Waals surface area contributed by atoms with Crippen molar-refractivity contribution in [3.63, 3.8) is 0 Å². The van der Waals surface area contributed by atoms with Crippen LogP contribution in [0.5, 0.6) is 0 Å². The van der Waals surface area contributed by atoms with E-state index in [1.54, 1.807) is 0 Å². The summed E-state index contributed by atoms with van der Waals surface area (Å²) in [7, 11) is 0. The number of nitrogens with zero attached hydrogens (tertiary/aromatic N) is 1. The molecule has 2 unspecified atom stereocenters. The first-order valence-corrected chi connectivity index (χ1v) is 8.30. The quantitative estimate of drug-likeness (QED) is 0.688. The summed E-state index contributed by atoms with van der Waals surface area (Å²) in [5, 5.41) is 9.79. The van der Waals surface area contributed by atoms with E-state index >= 15 is 0 Å². The van der Waals surface area contributed by atoms with Gasteiger partial charge in [-0.15, -0.1) is 0 Å². The maximum Gasteiger partial charge on any atom is 0.0572 e. The Labute approximate surface area is 118 Å². The molecule has 0 aromatic heterocycles. The standard InChI is InChI=1S/C16H31NO2/c1-3-6-16(4-2)19-10-5-9-17-13-7-8-14(17)12-15(18)11-13/h13-16,18H,3-12H2,1-2H3/t13-,14+,15?,16?. The van der Waals surface area contributed by atoms with Crippen LogP contribution in [-0.2, 0) is 4.74 Å². The largest absolute Gasteiger partial charge is 0.393 e. The molecule has 0 amide bonds. The summed E-state index contributed by atoms with van der Waals surface area (Å²) in [6.07, 6.45) is 9.66. The molecule has 0 saturated carbocycles. The summed E-state index contributed by atoms with van der Waals surface area (Å²) in [5.41, 5.74) is 0. The Morgan fingerprint density at radius 2 is 1.89 bits per heavy atom. The van der Waals surface area contributed by atoms with E-state index in [9.17, 15) is 5.11 Å². The van der Waals surface area contributed by atoms with E-state index in [4.69, 9.17) is 4.74 Å². The summed E-state index contributed by atoms with van der Waals surface area (Å²) in [5.74, 6) is 0. The van der Waals surface area contributed by atoms with Crippen molar-refractivity contribution in [1.29, 1.82) is 0 Å². The number of fused-ring (bicyclic) bond motifs is 2. The molecule has 19 heavy (non-hydrogen) atoms. The van der Waals surface area contributed by atoms with E-state index in [0.717, 1.165) is 38.8 Å². The highest BCUT2D eigenvalue weighted by Crippen LogP contribution is 2.35. The van der Waals surface area contributed by atoms with Crippen LogP contribution in [0.4, 0.5) is 0 Å². The van der Waals surface area contributed by atoms with Gasteiger partial charge in [-0.05, 0) is 44.9 Å². The van der Waals surface area contributed by atoms with Crippen LogP contribution in [0.15, 0.2) is 0 Å². The van der Waals surface area contributed by atoms with Crippen LogP contribution in [0, 0.1) is 0 Å². The first-order valence-electron chi connectivity index (χ1n) is 8.30. The zero-order valence-electron chi connectivity index (χ0n) is 12.7. The van der Waals surface area contributed by atoms with E-state index in [1.807, 2.05) is 0 Å². The molecule has 0 radical (unpaired) electrons. The zero-order chi connectivity index (χ0) is 13.7. The zero-order valence-corrected chi connectivity index (χ0v) is 12.7. The van der Waals surface area contributed by atoms with Gasteiger partial charge in [0.15, 0.2) is 0 Å². The maximum atomic E-state index is 9.79. The van der Waals surface area contributed by atoms with Crippen molar-refractivity contribution in [3.8, 4) is 0 Å². The van der Waals surface area contributed by atoms with Crippen LogP contribution in [0.2, 0.25) is 0 Å². The van der Waals surface area contributed by atoms with Gasteiger partial charge < -0.3 is 9.84 Å². The fraction of sp³-hybridized carbons (Fsp3) is 1.00. The van der Waals surface area contributed by atoms with E-state index in [2.05, 4.69) is 18.7 Å². The van der Waals surface area contributed by atoms with Crippen molar-refractivity contribution < 1.29 is 9.84 Å². The fourth-order valence-electron chi connectivity index (χ4n) is 3.83. The molecule has 1 N–H and O–H groups in total. The fourth-order valence-corrected chi connectivity index (χ4v) is 3.83. The molecule has 2 heterocycles. The summed E-state index contributed by atoms with van der Waals surface area (Å²) in [4.78, 5) is 2.64. The third kappa shape index (κ3) is 4.17. The summed E-state index contributed by atoms with van der Waals surface area (Å²) in [6.45, 7) is 6.50. The number of rotatable bonds is 8. The lowest BCUT2D eigenvalue weighted by atomic mass is 10.00. The second-order valence-electron chi connectivity index (χ2n) is 6.29. The lowest BCUT2D eigenvalue weighted by Crippen LogP contribution is -2.45. The van der Waals surface area contributed by atoms with Crippen molar-refractivity contribution in [2.24, 2.45) is 0 Å². The molecule has 2 saturated heterocycles. The van der Waals surface area contributed by atoms with Crippen LogP contribution in [-0.4, -0.2) is 47.4 Å². The molecule has 2 aliphatic heterocycles. The van der Waals surface area contributed by atoms with Gasteiger partial charge in [0, 0.05) is 25.2 Å². The number of aliphatic hydroxyl groups excluding tert-OH is 1. The average molecular weight is 269 g/mol. The Morgan fingerprint density at radius 3 is 2.47 bits per heavy atom. The Hall–Kier alpha value is -0.120. The van der Waals surface area contributed by atoms with E-state index in [1.165, 1.54) is 25.7 Å². The SMILES string of the molecule is CCCC(CC)OCCCN1[C@@H]2CC[C@H]1CC(O)C2. The van der Waals surface area contributed by atoms with Gasteiger partial charge in [-0.1, -0.05) is 20.3 Å². The van der Waals surface area contributed by atoms with Gasteiger partial charge in [0.2, 0.25) is 0 Å². The van der Waals surface area contributed by atoms with Gasteiger partial charge in [0.25, 0.3) is 0 Å². The minimum absolute atomic E-state index is 0.0426. The van der Waals surface area contributed by atoms with Gasteiger partial charge in [-0.3, -0.25) is 4.90 Å². The van der Waals surface area contributed by atoms with Gasteiger partial charge in [-0.25, -0.2) is 0 Å². The maximum absolute atomic E-state index is 9.79. The summed E-state index contributed by atoms with van der Waals surface area (Å²) >= 11 is 0. The van der Waals surface area contributed by atoms with Gasteiger partial charge in [0.1, 0.15) is 0 Å². The predicted molar refractivity (Wildman–Crippen MR) is 78.3 cm³/mol. The normalized spacial score (nSPS) is 32.7. The van der Waals surface area contributed by atoms with E-state index in [-0.39, 0.29) is 6.10 Å². The first-order chi connectivity index (χ1) is 9.24. The molecule has 3 heteroatoms. The van der Waals surface area contributed by atoms with Gasteiger partial charge in [0.05, 0.1) is 12.2 Å². The van der Waals surface area contributed by atoms with Crippen LogP contribution in [0.1, 0.15) is 65.2 Å². The number of hydrogen-bond acceptors (Lipinski definition) is 3. The van der Waals surface area contributed by atoms with E-state index < -0.39 is 0 Å². The van der Waals surface area contributed by atoms with Gasteiger partial charge in [-0.2, -0.15) is 0 Å². The molecule has 2 fully saturated rings. The molecular weight excluding hydrogens is 238 g/mol. The highest BCUT2D eigenvalue weighted by atomic mass is 16.5. The van der Waals surface area contributed by atoms with Crippen LogP contribution in [0.3, 0.4) is 0 Å². The lowest BCUT2D eigenvalue weighted by Gasteiger charge is -2.37. The van der Waals surface area contributed by atoms with Crippen molar-refractivity contribution >= 4 is 0 Å². The monoisotopic (exact) mass is 269 g/mol. The summed E-state index contributed by atoms with van der Waals surface area (Å²) < 4.78 is 5.96. The molecule has 0 aromatic carbocycles. The lowest BCUT2D eigenvalue weighted by molar-refractivity contribution is 0.0144. The molecule has 2 bridgehead atoms. The minimum atomic E-state index is -0.0426. The highest BCUT2D eigenvalue weighted by molar-refractivity contribution is 4.94. The number of ether oxygens (including phenoxy) is 1. The molecule has 3 nitrogen and oxygen atoms in total. The predicted octanol–water partition coefficient (Wildman–Crippen LogP) is 2.96. The van der Waals surface area contributed by atoms with Crippen molar-refractivity contribution in [2.45, 2.75) is 89.5 Å². The van der Waals surface area contributed by atoms with Crippen molar-refractivity contribution in [1.82, 2.24) is 4.90 Å². The molecule has 112 valence electrons. The molecule has 0 spiro atoms. The molecule has 2 rings (SSSR count). The second-order valence-corrected chi connectivity index (χ2v) is 6.29. The Kier molecular flexibility index (Phi) is 6.11. The van der Waals surface area contributed by atoms with Gasteiger partial charge >= 0.3 is 0 Å². The number of hydrogen-bond donors (Lipinski definition) is 1. The Balaban J connectivity index is 1.64. The highest BCUT2D eigenvalue weighted by Gasteiger charge is 2.39. The molecule has 4 atom stereocenters. The topological polar surface area (TPSA) is 32.7 Å². The first kappa shape index (κ1) is 15.3. The number of aliphatic hydroxyl groups is 1. The van der Waals surface area contributed by atoms with Crippen LogP contribution >= 0.6 is 0 Å². The molecule has 2 aliphatic rings. The smallest absolute Gasteiger partial charge is 0.0572 e. The van der Waals surface area contributed by atoms with Crippen molar-refractivity contribution in [3.05, 3.63) is 0 Å². The van der Waals surface area contributed by atoms with Crippen LogP contribution < -0.4 is 0 Å². The summed E-state index contributed by atoms with van der Waals surface area (Å²) in [6, 6.07) is 1.29. The second kappa shape index (κ2) is 7.61. The minimum Gasteiger partial charge on any atom is -0.393 e. The third-order valence-corrected chi connectivity index (χ3v) is 4.84. The third-order valence-electron chi connectivity index (χ3n) is 4.84.